The molecule has 0 radical (unpaired) electrons. The third-order valence-electron chi connectivity index (χ3n) is 3.55. The summed E-state index contributed by atoms with van der Waals surface area (Å²) < 4.78 is 42.0. The van der Waals surface area contributed by atoms with Crippen LogP contribution in [0.25, 0.3) is 0 Å². The SMILES string of the molecule is CN=C(NCCC(F)(F)F)N(C)CCC(NC(=O)OC(C)(C)C)C(C)C.I. The molecule has 0 heterocycles. The van der Waals surface area contributed by atoms with Gasteiger partial charge in [0.2, 0.25) is 0 Å². The van der Waals surface area contributed by atoms with E-state index in [1.54, 1.807) is 32.7 Å². The molecule has 27 heavy (non-hydrogen) atoms. The lowest BCUT2D eigenvalue weighted by Gasteiger charge is -2.28. The van der Waals surface area contributed by atoms with Gasteiger partial charge in [-0.3, -0.25) is 4.99 Å². The second kappa shape index (κ2) is 12.5. The lowest BCUT2D eigenvalue weighted by molar-refractivity contribution is -0.132. The van der Waals surface area contributed by atoms with Crippen molar-refractivity contribution in [3.63, 3.8) is 0 Å². The molecule has 0 aromatic heterocycles. The number of rotatable bonds is 7. The fourth-order valence-electron chi connectivity index (χ4n) is 2.17. The standard InChI is InChI=1S/C17H33F3N4O2.HI/c1-12(2)13(23-15(25)26-16(3,4)5)8-11-24(7)14(21-6)22-10-9-17(18,19)20;/h12-13H,8-11H2,1-7H3,(H,21,22)(H,23,25);1H. The molecule has 0 aliphatic carbocycles. The van der Waals surface area contributed by atoms with E-state index in [9.17, 15) is 18.0 Å². The van der Waals surface area contributed by atoms with E-state index in [0.717, 1.165) is 0 Å². The summed E-state index contributed by atoms with van der Waals surface area (Å²) in [4.78, 5) is 17.7. The second-order valence-corrected chi connectivity index (χ2v) is 7.55. The Morgan fingerprint density at radius 3 is 2.19 bits per heavy atom. The first-order valence-electron chi connectivity index (χ1n) is 8.73. The first kappa shape index (κ1) is 28.3. The average Bonchev–Trinajstić information content (AvgIpc) is 2.44. The predicted octanol–water partition coefficient (Wildman–Crippen LogP) is 4.00. The third kappa shape index (κ3) is 14.7. The van der Waals surface area contributed by atoms with Crippen molar-refractivity contribution in [2.24, 2.45) is 10.9 Å². The van der Waals surface area contributed by atoms with Crippen molar-refractivity contribution in [3.8, 4) is 0 Å². The van der Waals surface area contributed by atoms with E-state index in [1.165, 1.54) is 7.05 Å². The van der Waals surface area contributed by atoms with Crippen LogP contribution in [-0.4, -0.2) is 62.0 Å². The molecule has 1 amide bonds. The van der Waals surface area contributed by atoms with Gasteiger partial charge in [-0.1, -0.05) is 13.8 Å². The Morgan fingerprint density at radius 1 is 1.22 bits per heavy atom. The van der Waals surface area contributed by atoms with Crippen molar-refractivity contribution in [1.82, 2.24) is 15.5 Å². The summed E-state index contributed by atoms with van der Waals surface area (Å²) in [6, 6.07) is -0.124. The number of nitrogens with one attached hydrogen (secondary N) is 2. The van der Waals surface area contributed by atoms with Gasteiger partial charge in [-0.05, 0) is 33.1 Å². The summed E-state index contributed by atoms with van der Waals surface area (Å²) in [5.41, 5.74) is -0.577. The number of guanidine groups is 1. The maximum atomic E-state index is 12.2. The van der Waals surface area contributed by atoms with Gasteiger partial charge in [-0.2, -0.15) is 13.2 Å². The average molecular weight is 510 g/mol. The van der Waals surface area contributed by atoms with Crippen LogP contribution in [0.4, 0.5) is 18.0 Å². The molecule has 0 aromatic carbocycles. The number of hydrogen-bond donors (Lipinski definition) is 2. The molecule has 0 rings (SSSR count). The highest BCUT2D eigenvalue weighted by atomic mass is 127. The molecule has 1 unspecified atom stereocenters. The van der Waals surface area contributed by atoms with Crippen LogP contribution >= 0.6 is 24.0 Å². The Bertz CT molecular complexity index is 466. The monoisotopic (exact) mass is 510 g/mol. The number of ether oxygens (including phenoxy) is 1. The van der Waals surface area contributed by atoms with Crippen LogP contribution in [0.2, 0.25) is 0 Å². The third-order valence-corrected chi connectivity index (χ3v) is 3.55. The zero-order valence-electron chi connectivity index (χ0n) is 17.2. The Kier molecular flexibility index (Phi) is 13.1. The summed E-state index contributed by atoms with van der Waals surface area (Å²) in [5.74, 6) is 0.560. The number of halogens is 4. The lowest BCUT2D eigenvalue weighted by Crippen LogP contribution is -2.45. The Morgan fingerprint density at radius 2 is 1.78 bits per heavy atom. The molecule has 6 nitrogen and oxygen atoms in total. The Hall–Kier alpha value is -0.940. The number of aliphatic imine (C=N–C) groups is 1. The zero-order valence-corrected chi connectivity index (χ0v) is 19.6. The summed E-state index contributed by atoms with van der Waals surface area (Å²) in [7, 11) is 3.26. The first-order valence-corrected chi connectivity index (χ1v) is 8.73. The van der Waals surface area contributed by atoms with Crippen molar-refractivity contribution in [2.75, 3.05) is 27.2 Å². The Labute approximate surface area is 177 Å². The van der Waals surface area contributed by atoms with Crippen molar-refractivity contribution >= 4 is 36.0 Å². The smallest absolute Gasteiger partial charge is 0.407 e. The Balaban J connectivity index is 0. The van der Waals surface area contributed by atoms with Gasteiger partial charge in [0.25, 0.3) is 0 Å². The minimum atomic E-state index is -4.20. The molecule has 2 N–H and O–H groups in total. The van der Waals surface area contributed by atoms with E-state index in [4.69, 9.17) is 4.74 Å². The van der Waals surface area contributed by atoms with E-state index in [-0.39, 0.29) is 42.5 Å². The second-order valence-electron chi connectivity index (χ2n) is 7.55. The number of hydrogen-bond acceptors (Lipinski definition) is 3. The number of nitrogens with zero attached hydrogens (tertiary/aromatic N) is 2. The maximum absolute atomic E-state index is 12.2. The zero-order chi connectivity index (χ0) is 20.5. The molecule has 0 spiro atoms. The van der Waals surface area contributed by atoms with Crippen LogP contribution < -0.4 is 10.6 Å². The molecular weight excluding hydrogens is 476 g/mol. The summed E-state index contributed by atoms with van der Waals surface area (Å²) in [6.07, 6.45) is -5.00. The number of amides is 1. The molecule has 0 bridgehead atoms. The normalized spacial score (nSPS) is 13.7. The summed E-state index contributed by atoms with van der Waals surface area (Å²) in [6.45, 7) is 9.63. The van der Waals surface area contributed by atoms with E-state index >= 15 is 0 Å². The highest BCUT2D eigenvalue weighted by molar-refractivity contribution is 14.0. The van der Waals surface area contributed by atoms with Gasteiger partial charge in [0.15, 0.2) is 5.96 Å². The van der Waals surface area contributed by atoms with Crippen molar-refractivity contribution in [3.05, 3.63) is 0 Å². The molecule has 0 fully saturated rings. The van der Waals surface area contributed by atoms with Crippen LogP contribution in [0.1, 0.15) is 47.5 Å². The number of alkyl halides is 3. The molecule has 0 aromatic rings. The van der Waals surface area contributed by atoms with Gasteiger partial charge < -0.3 is 20.3 Å². The highest BCUT2D eigenvalue weighted by Gasteiger charge is 2.27. The molecule has 0 aliphatic rings. The van der Waals surface area contributed by atoms with Crippen LogP contribution in [0.15, 0.2) is 4.99 Å². The molecule has 10 heteroatoms. The molecule has 162 valence electrons. The number of alkyl carbamates (subject to hydrolysis) is 1. The predicted molar refractivity (Wildman–Crippen MR) is 113 cm³/mol. The van der Waals surface area contributed by atoms with Gasteiger partial charge in [-0.15, -0.1) is 24.0 Å². The van der Waals surface area contributed by atoms with Crippen molar-refractivity contribution < 1.29 is 22.7 Å². The maximum Gasteiger partial charge on any atom is 0.407 e. The lowest BCUT2D eigenvalue weighted by atomic mass is 10.0. The van der Waals surface area contributed by atoms with E-state index in [1.807, 2.05) is 13.8 Å². The number of carbonyl (C=O) groups excluding carboxylic acids is 1. The fourth-order valence-corrected chi connectivity index (χ4v) is 2.17. The molecule has 1 atom stereocenters. The van der Waals surface area contributed by atoms with Crippen LogP contribution in [0, 0.1) is 5.92 Å². The van der Waals surface area contributed by atoms with Gasteiger partial charge >= 0.3 is 12.3 Å². The minimum Gasteiger partial charge on any atom is -0.444 e. The molecular formula is C17H34F3IN4O2. The van der Waals surface area contributed by atoms with E-state index < -0.39 is 24.3 Å². The summed E-state index contributed by atoms with van der Waals surface area (Å²) in [5, 5.41) is 5.55. The van der Waals surface area contributed by atoms with E-state index in [2.05, 4.69) is 15.6 Å². The molecule has 0 aliphatic heterocycles. The van der Waals surface area contributed by atoms with E-state index in [0.29, 0.717) is 18.9 Å². The largest absolute Gasteiger partial charge is 0.444 e. The van der Waals surface area contributed by atoms with Crippen LogP contribution in [0.3, 0.4) is 0 Å². The van der Waals surface area contributed by atoms with Crippen LogP contribution in [0.5, 0.6) is 0 Å². The van der Waals surface area contributed by atoms with Gasteiger partial charge in [0.1, 0.15) is 5.60 Å². The first-order chi connectivity index (χ1) is 11.7. The molecule has 0 saturated carbocycles. The minimum absolute atomic E-state index is 0. The van der Waals surface area contributed by atoms with Gasteiger partial charge in [0, 0.05) is 33.2 Å². The highest BCUT2D eigenvalue weighted by Crippen LogP contribution is 2.18. The van der Waals surface area contributed by atoms with Crippen molar-refractivity contribution in [1.29, 1.82) is 0 Å². The fraction of sp³-hybridized carbons (Fsp3) is 0.882. The quantitative estimate of drug-likeness (QED) is 0.309. The van der Waals surface area contributed by atoms with Crippen LogP contribution in [-0.2, 0) is 4.74 Å². The topological polar surface area (TPSA) is 66.0 Å². The van der Waals surface area contributed by atoms with Gasteiger partial charge in [0.05, 0.1) is 6.42 Å². The van der Waals surface area contributed by atoms with Crippen molar-refractivity contribution in [2.45, 2.75) is 65.3 Å². The summed E-state index contributed by atoms with van der Waals surface area (Å²) >= 11 is 0. The molecule has 0 saturated heterocycles. The number of carbonyl (C=O) groups is 1. The van der Waals surface area contributed by atoms with Gasteiger partial charge in [-0.25, -0.2) is 4.79 Å².